The Hall–Kier alpha value is -2.04. The molecule has 0 bridgehead atoms. The van der Waals surface area contributed by atoms with Gasteiger partial charge < -0.3 is 5.11 Å². The Morgan fingerprint density at radius 2 is 1.67 bits per heavy atom. The molecule has 5 heteroatoms. The lowest BCUT2D eigenvalue weighted by molar-refractivity contribution is 0.0691. The number of rotatable bonds is 2. The molecular formula is C22H23F3O2. The van der Waals surface area contributed by atoms with Crippen molar-refractivity contribution in [3.05, 3.63) is 46.8 Å². The van der Waals surface area contributed by atoms with Crippen molar-refractivity contribution in [2.75, 3.05) is 0 Å². The second-order valence-corrected chi connectivity index (χ2v) is 8.37. The highest BCUT2D eigenvalue weighted by atomic mass is 19.2. The van der Waals surface area contributed by atoms with E-state index in [0.29, 0.717) is 17.4 Å². The van der Waals surface area contributed by atoms with Gasteiger partial charge in [-0.25, -0.2) is 18.0 Å². The predicted octanol–water partition coefficient (Wildman–Crippen LogP) is 6.28. The fourth-order valence-corrected chi connectivity index (χ4v) is 5.27. The molecule has 0 spiro atoms. The van der Waals surface area contributed by atoms with Crippen molar-refractivity contribution in [3.63, 3.8) is 0 Å². The minimum absolute atomic E-state index is 0.00525. The summed E-state index contributed by atoms with van der Waals surface area (Å²) in [6.45, 7) is 2.29. The highest BCUT2D eigenvalue weighted by molar-refractivity contribution is 5.95. The first-order chi connectivity index (χ1) is 12.9. The van der Waals surface area contributed by atoms with Crippen molar-refractivity contribution in [2.45, 2.75) is 51.4 Å². The number of halogens is 3. The van der Waals surface area contributed by atoms with Crippen LogP contribution in [0.1, 0.15) is 67.3 Å². The van der Waals surface area contributed by atoms with Crippen LogP contribution in [0.5, 0.6) is 0 Å². The third-order valence-electron chi connectivity index (χ3n) is 6.70. The first-order valence-corrected chi connectivity index (χ1v) is 9.70. The smallest absolute Gasteiger partial charge is 0.338 e. The van der Waals surface area contributed by atoms with Crippen LogP contribution >= 0.6 is 0 Å². The number of carboxylic acids is 1. The molecule has 0 radical (unpaired) electrons. The van der Waals surface area contributed by atoms with E-state index < -0.39 is 34.4 Å². The maximum Gasteiger partial charge on any atom is 0.338 e. The Kier molecular flexibility index (Phi) is 4.65. The topological polar surface area (TPSA) is 37.3 Å². The molecule has 0 aromatic heterocycles. The van der Waals surface area contributed by atoms with Crippen LogP contribution in [0.15, 0.2) is 18.2 Å². The van der Waals surface area contributed by atoms with Gasteiger partial charge in [0.25, 0.3) is 0 Å². The van der Waals surface area contributed by atoms with Crippen molar-refractivity contribution in [1.82, 2.24) is 0 Å². The molecule has 2 aromatic carbocycles. The third-order valence-corrected chi connectivity index (χ3v) is 6.70. The van der Waals surface area contributed by atoms with Crippen LogP contribution in [-0.2, 0) is 0 Å². The summed E-state index contributed by atoms with van der Waals surface area (Å²) in [6, 6.07) is 4.14. The van der Waals surface area contributed by atoms with Gasteiger partial charge in [0.05, 0.1) is 10.9 Å². The van der Waals surface area contributed by atoms with Gasteiger partial charge in [0.2, 0.25) is 0 Å². The number of benzene rings is 2. The quantitative estimate of drug-likeness (QED) is 0.670. The van der Waals surface area contributed by atoms with Crippen molar-refractivity contribution >= 4 is 16.7 Å². The summed E-state index contributed by atoms with van der Waals surface area (Å²) in [5.74, 6) is -3.20. The van der Waals surface area contributed by atoms with E-state index in [2.05, 4.69) is 6.92 Å². The molecule has 2 nitrogen and oxygen atoms in total. The molecule has 2 saturated carbocycles. The molecule has 4 unspecified atom stereocenters. The van der Waals surface area contributed by atoms with Crippen LogP contribution < -0.4 is 0 Å². The molecule has 144 valence electrons. The Morgan fingerprint density at radius 3 is 2.41 bits per heavy atom. The highest BCUT2D eigenvalue weighted by Gasteiger charge is 2.36. The molecule has 2 fully saturated rings. The number of hydrogen-bond acceptors (Lipinski definition) is 1. The van der Waals surface area contributed by atoms with Gasteiger partial charge in [-0.1, -0.05) is 25.5 Å². The first-order valence-electron chi connectivity index (χ1n) is 9.70. The third kappa shape index (κ3) is 3.11. The summed E-state index contributed by atoms with van der Waals surface area (Å²) in [5, 5.41) is 8.65. The van der Waals surface area contributed by atoms with Crippen molar-refractivity contribution in [2.24, 2.45) is 17.8 Å². The first kappa shape index (κ1) is 18.3. The van der Waals surface area contributed by atoms with Crippen LogP contribution in [0, 0.1) is 35.2 Å². The second kappa shape index (κ2) is 6.84. The van der Waals surface area contributed by atoms with Crippen LogP contribution in [0.25, 0.3) is 10.8 Å². The van der Waals surface area contributed by atoms with Crippen LogP contribution in [0.2, 0.25) is 0 Å². The molecular weight excluding hydrogens is 353 g/mol. The van der Waals surface area contributed by atoms with E-state index in [1.807, 2.05) is 0 Å². The monoisotopic (exact) mass is 376 g/mol. The highest BCUT2D eigenvalue weighted by Crippen LogP contribution is 2.48. The molecule has 4 rings (SSSR count). The molecule has 0 aliphatic heterocycles. The van der Waals surface area contributed by atoms with E-state index >= 15 is 4.39 Å². The van der Waals surface area contributed by atoms with Gasteiger partial charge in [-0.2, -0.15) is 0 Å². The summed E-state index contributed by atoms with van der Waals surface area (Å²) in [4.78, 5) is 11.1. The van der Waals surface area contributed by atoms with E-state index in [1.54, 1.807) is 6.07 Å². The number of carboxylic acid groups (broad SMARTS) is 1. The van der Waals surface area contributed by atoms with Crippen molar-refractivity contribution in [3.8, 4) is 0 Å². The van der Waals surface area contributed by atoms with Gasteiger partial charge in [-0.15, -0.1) is 0 Å². The molecule has 0 heterocycles. The van der Waals surface area contributed by atoms with Gasteiger partial charge >= 0.3 is 5.97 Å². The lowest BCUT2D eigenvalue weighted by Crippen LogP contribution is -2.30. The van der Waals surface area contributed by atoms with E-state index in [-0.39, 0.29) is 11.3 Å². The normalized spacial score (nSPS) is 28.1. The minimum Gasteiger partial charge on any atom is -0.478 e. The number of hydrogen-bond donors (Lipinski definition) is 1. The summed E-state index contributed by atoms with van der Waals surface area (Å²) >= 11 is 0. The maximum atomic E-state index is 15.2. The molecule has 1 N–H and O–H groups in total. The predicted molar refractivity (Wildman–Crippen MR) is 97.4 cm³/mol. The van der Waals surface area contributed by atoms with Gasteiger partial charge in [0.1, 0.15) is 5.82 Å². The molecule has 27 heavy (non-hydrogen) atoms. The van der Waals surface area contributed by atoms with Crippen LogP contribution in [-0.4, -0.2) is 11.1 Å². The number of carbonyl (C=O) groups is 1. The standard InChI is InChI=1S/C22H23F3O2/c1-11-2-3-13-9-14(5-4-12(13)8-11)16-7-6-15-10-17(22(26)27)20(24)21(25)18(15)19(16)23/h6-7,10-14H,2-5,8-9H2,1H3,(H,26,27). The number of aromatic carboxylic acids is 1. The average Bonchev–Trinajstić information content (AvgIpc) is 2.64. The molecule has 2 aliphatic carbocycles. The number of fused-ring (bicyclic) bond motifs is 2. The van der Waals surface area contributed by atoms with Gasteiger partial charge in [0, 0.05) is 0 Å². The van der Waals surface area contributed by atoms with Crippen molar-refractivity contribution in [1.29, 1.82) is 0 Å². The van der Waals surface area contributed by atoms with E-state index in [0.717, 1.165) is 37.7 Å². The fraction of sp³-hybridized carbons (Fsp3) is 0.500. The lowest BCUT2D eigenvalue weighted by Gasteiger charge is -2.41. The zero-order chi connectivity index (χ0) is 19.3. The molecule has 0 saturated heterocycles. The van der Waals surface area contributed by atoms with E-state index in [4.69, 9.17) is 5.11 Å². The average molecular weight is 376 g/mol. The largest absolute Gasteiger partial charge is 0.478 e. The van der Waals surface area contributed by atoms with E-state index in [9.17, 15) is 13.6 Å². The van der Waals surface area contributed by atoms with Gasteiger partial charge in [-0.05, 0) is 72.8 Å². The molecule has 2 aromatic rings. The Balaban J connectivity index is 1.71. The minimum atomic E-state index is -1.57. The Labute approximate surface area is 156 Å². The molecule has 2 aliphatic rings. The molecule has 0 amide bonds. The summed E-state index contributed by atoms with van der Waals surface area (Å²) in [7, 11) is 0. The van der Waals surface area contributed by atoms with Crippen molar-refractivity contribution < 1.29 is 23.1 Å². The van der Waals surface area contributed by atoms with Gasteiger partial charge in [-0.3, -0.25) is 0 Å². The van der Waals surface area contributed by atoms with Gasteiger partial charge in [0.15, 0.2) is 11.6 Å². The maximum absolute atomic E-state index is 15.2. The second-order valence-electron chi connectivity index (χ2n) is 8.37. The SMILES string of the molecule is CC1CCC2CC(c3ccc4cc(C(=O)O)c(F)c(F)c4c3F)CCC2C1. The van der Waals surface area contributed by atoms with Crippen LogP contribution in [0.3, 0.4) is 0 Å². The zero-order valence-electron chi connectivity index (χ0n) is 15.3. The Morgan fingerprint density at radius 1 is 0.963 bits per heavy atom. The molecule has 4 atom stereocenters. The summed E-state index contributed by atoms with van der Waals surface area (Å²) in [6.07, 6.45) is 6.38. The lowest BCUT2D eigenvalue weighted by atomic mass is 9.64. The fourth-order valence-electron chi connectivity index (χ4n) is 5.27. The van der Waals surface area contributed by atoms with E-state index in [1.165, 1.54) is 18.9 Å². The summed E-state index contributed by atoms with van der Waals surface area (Å²) < 4.78 is 43.7. The van der Waals surface area contributed by atoms with Crippen LogP contribution in [0.4, 0.5) is 13.2 Å². The zero-order valence-corrected chi connectivity index (χ0v) is 15.3. The summed E-state index contributed by atoms with van der Waals surface area (Å²) in [5.41, 5.74) is -0.343. The Bertz CT molecular complexity index is 908.